The molecule has 0 unspecified atom stereocenters. The van der Waals surface area contributed by atoms with Gasteiger partial charge in [-0.3, -0.25) is 0 Å². The molecule has 0 saturated carbocycles. The molecule has 0 radical (unpaired) electrons. The molecule has 0 aliphatic carbocycles. The van der Waals surface area contributed by atoms with E-state index in [0.717, 1.165) is 5.69 Å². The Bertz CT molecular complexity index is 558. The van der Waals surface area contributed by atoms with Crippen molar-refractivity contribution in [1.82, 2.24) is 9.97 Å². The number of nitrogens with two attached hydrogens (primary N) is 1. The summed E-state index contributed by atoms with van der Waals surface area (Å²) in [4.78, 5) is 8.03. The number of nitrogens with zero attached hydrogens (tertiary/aromatic N) is 2. The molecule has 0 saturated heterocycles. The van der Waals surface area contributed by atoms with Gasteiger partial charge >= 0.3 is 0 Å². The van der Waals surface area contributed by atoms with Crippen molar-refractivity contribution in [3.8, 4) is 0 Å². The average Bonchev–Trinajstić information content (AvgIpc) is 2.24. The molecule has 2 rings (SSSR count). The van der Waals surface area contributed by atoms with Gasteiger partial charge < -0.3 is 11.1 Å². The molecule has 2 aromatic rings. The first-order chi connectivity index (χ1) is 8.45. The molecule has 94 valence electrons. The van der Waals surface area contributed by atoms with Crippen LogP contribution < -0.4 is 11.1 Å². The zero-order chi connectivity index (χ0) is 13.3. The van der Waals surface area contributed by atoms with Crippen molar-refractivity contribution in [2.45, 2.75) is 6.92 Å². The SMILES string of the molecule is Cc1cc(Nc2cc(Cl)c(Cl)c(Cl)c2)nc(N)n1. The summed E-state index contributed by atoms with van der Waals surface area (Å²) in [6, 6.07) is 5.07. The first-order valence-corrected chi connectivity index (χ1v) is 6.12. The fourth-order valence-electron chi connectivity index (χ4n) is 1.43. The zero-order valence-electron chi connectivity index (χ0n) is 9.34. The molecule has 0 spiro atoms. The molecule has 7 heteroatoms. The van der Waals surface area contributed by atoms with Gasteiger partial charge in [0.05, 0.1) is 15.1 Å². The van der Waals surface area contributed by atoms with Crippen LogP contribution in [0.4, 0.5) is 17.5 Å². The van der Waals surface area contributed by atoms with Crippen LogP contribution in [0.3, 0.4) is 0 Å². The Kier molecular flexibility index (Phi) is 3.80. The highest BCUT2D eigenvalue weighted by atomic mass is 35.5. The van der Waals surface area contributed by atoms with Gasteiger partial charge in [-0.2, -0.15) is 4.98 Å². The minimum atomic E-state index is 0.198. The van der Waals surface area contributed by atoms with E-state index in [1.807, 2.05) is 6.92 Å². The predicted molar refractivity (Wildman–Crippen MR) is 75.9 cm³/mol. The standard InChI is InChI=1S/C11H9Cl3N4/c1-5-2-9(18-11(15)16-5)17-6-3-7(12)10(14)8(13)4-6/h2-4H,1H3,(H3,15,16,17,18). The first kappa shape index (κ1) is 13.2. The third kappa shape index (κ3) is 2.96. The molecule has 0 aliphatic heterocycles. The third-order valence-corrected chi connectivity index (χ3v) is 3.32. The number of benzene rings is 1. The van der Waals surface area contributed by atoms with Gasteiger partial charge in [-0.05, 0) is 19.1 Å². The predicted octanol–water partition coefficient (Wildman–Crippen LogP) is 4.07. The second-order valence-electron chi connectivity index (χ2n) is 3.63. The lowest BCUT2D eigenvalue weighted by Gasteiger charge is -2.09. The Morgan fingerprint density at radius 2 is 1.67 bits per heavy atom. The summed E-state index contributed by atoms with van der Waals surface area (Å²) in [5.74, 6) is 0.762. The van der Waals surface area contributed by atoms with Gasteiger partial charge in [0, 0.05) is 17.4 Å². The number of aromatic nitrogens is 2. The Balaban J connectivity index is 2.34. The van der Waals surface area contributed by atoms with Crippen molar-refractivity contribution >= 4 is 52.3 Å². The monoisotopic (exact) mass is 302 g/mol. The van der Waals surface area contributed by atoms with E-state index < -0.39 is 0 Å². The minimum Gasteiger partial charge on any atom is -0.368 e. The zero-order valence-corrected chi connectivity index (χ0v) is 11.6. The minimum absolute atomic E-state index is 0.198. The van der Waals surface area contributed by atoms with E-state index in [9.17, 15) is 0 Å². The maximum Gasteiger partial charge on any atom is 0.222 e. The number of nitrogens with one attached hydrogen (secondary N) is 1. The van der Waals surface area contributed by atoms with Crippen LogP contribution in [0.2, 0.25) is 15.1 Å². The molecule has 4 nitrogen and oxygen atoms in total. The highest BCUT2D eigenvalue weighted by Gasteiger charge is 2.07. The van der Waals surface area contributed by atoms with Crippen LogP contribution in [-0.2, 0) is 0 Å². The van der Waals surface area contributed by atoms with Crippen molar-refractivity contribution in [3.05, 3.63) is 39.0 Å². The second-order valence-corrected chi connectivity index (χ2v) is 4.82. The Morgan fingerprint density at radius 3 is 2.22 bits per heavy atom. The summed E-state index contributed by atoms with van der Waals surface area (Å²) in [5.41, 5.74) is 6.99. The van der Waals surface area contributed by atoms with Crippen molar-refractivity contribution in [3.63, 3.8) is 0 Å². The van der Waals surface area contributed by atoms with Gasteiger partial charge in [-0.25, -0.2) is 4.98 Å². The summed E-state index contributed by atoms with van der Waals surface area (Å²) >= 11 is 17.7. The van der Waals surface area contributed by atoms with Gasteiger partial charge in [0.25, 0.3) is 0 Å². The normalized spacial score (nSPS) is 10.4. The molecular formula is C11H9Cl3N4. The van der Waals surface area contributed by atoms with Crippen LogP contribution >= 0.6 is 34.8 Å². The van der Waals surface area contributed by atoms with Gasteiger partial charge in [-0.15, -0.1) is 0 Å². The summed E-state index contributed by atoms with van der Waals surface area (Å²) in [5, 5.41) is 4.09. The third-order valence-electron chi connectivity index (χ3n) is 2.13. The molecule has 0 aliphatic rings. The van der Waals surface area contributed by atoms with Crippen LogP contribution in [0.1, 0.15) is 5.69 Å². The summed E-state index contributed by atoms with van der Waals surface area (Å²) < 4.78 is 0. The molecule has 1 aromatic heterocycles. The summed E-state index contributed by atoms with van der Waals surface area (Å²) in [6.07, 6.45) is 0. The van der Waals surface area contributed by atoms with E-state index in [-0.39, 0.29) is 5.95 Å². The first-order valence-electron chi connectivity index (χ1n) is 4.98. The lowest BCUT2D eigenvalue weighted by atomic mass is 10.3. The number of hydrogen-bond acceptors (Lipinski definition) is 4. The molecule has 3 N–H and O–H groups in total. The quantitative estimate of drug-likeness (QED) is 0.821. The molecule has 0 amide bonds. The number of halogens is 3. The van der Waals surface area contributed by atoms with E-state index in [0.29, 0.717) is 26.6 Å². The molecule has 1 heterocycles. The Labute approximate surface area is 119 Å². The molecule has 1 aromatic carbocycles. The smallest absolute Gasteiger partial charge is 0.222 e. The van der Waals surface area contributed by atoms with Crippen LogP contribution in [0.5, 0.6) is 0 Å². The van der Waals surface area contributed by atoms with E-state index in [1.165, 1.54) is 0 Å². The molecule has 0 fully saturated rings. The molecule has 18 heavy (non-hydrogen) atoms. The fourth-order valence-corrected chi connectivity index (χ4v) is 2.03. The molecule has 0 bridgehead atoms. The highest BCUT2D eigenvalue weighted by Crippen LogP contribution is 2.34. The van der Waals surface area contributed by atoms with Gasteiger partial charge in [0.2, 0.25) is 5.95 Å². The number of nitrogen functional groups attached to an aromatic ring is 1. The topological polar surface area (TPSA) is 63.8 Å². The van der Waals surface area contributed by atoms with Crippen molar-refractivity contribution in [1.29, 1.82) is 0 Å². The maximum absolute atomic E-state index is 5.93. The largest absolute Gasteiger partial charge is 0.368 e. The number of anilines is 3. The van der Waals surface area contributed by atoms with Crippen LogP contribution in [0.25, 0.3) is 0 Å². The lowest BCUT2D eigenvalue weighted by molar-refractivity contribution is 1.12. The van der Waals surface area contributed by atoms with Gasteiger partial charge in [0.1, 0.15) is 5.82 Å². The molecule has 0 atom stereocenters. The van der Waals surface area contributed by atoms with E-state index >= 15 is 0 Å². The Hall–Kier alpha value is -1.23. The maximum atomic E-state index is 5.93. The van der Waals surface area contributed by atoms with E-state index in [1.54, 1.807) is 18.2 Å². The highest BCUT2D eigenvalue weighted by molar-refractivity contribution is 6.48. The van der Waals surface area contributed by atoms with Crippen LogP contribution in [0, 0.1) is 6.92 Å². The van der Waals surface area contributed by atoms with Crippen LogP contribution in [-0.4, -0.2) is 9.97 Å². The van der Waals surface area contributed by atoms with Crippen molar-refractivity contribution in [2.75, 3.05) is 11.1 Å². The summed E-state index contributed by atoms with van der Waals surface area (Å²) in [6.45, 7) is 1.82. The van der Waals surface area contributed by atoms with Gasteiger partial charge in [-0.1, -0.05) is 34.8 Å². The van der Waals surface area contributed by atoms with Gasteiger partial charge in [0.15, 0.2) is 0 Å². The van der Waals surface area contributed by atoms with E-state index in [4.69, 9.17) is 40.5 Å². The second kappa shape index (κ2) is 5.18. The number of hydrogen-bond donors (Lipinski definition) is 2. The summed E-state index contributed by atoms with van der Waals surface area (Å²) in [7, 11) is 0. The number of rotatable bonds is 2. The van der Waals surface area contributed by atoms with Crippen molar-refractivity contribution < 1.29 is 0 Å². The Morgan fingerprint density at radius 1 is 1.06 bits per heavy atom. The molecular weight excluding hydrogens is 295 g/mol. The average molecular weight is 304 g/mol. The van der Waals surface area contributed by atoms with E-state index in [2.05, 4.69) is 15.3 Å². The number of aryl methyl sites for hydroxylation is 1. The lowest BCUT2D eigenvalue weighted by Crippen LogP contribution is -2.01. The fraction of sp³-hybridized carbons (Fsp3) is 0.0909. The van der Waals surface area contributed by atoms with Crippen LogP contribution in [0.15, 0.2) is 18.2 Å². The van der Waals surface area contributed by atoms with Crippen molar-refractivity contribution in [2.24, 2.45) is 0 Å².